The first-order valence-corrected chi connectivity index (χ1v) is 12.3. The maximum atomic E-state index is 12.3. The van der Waals surface area contributed by atoms with Crippen LogP contribution < -0.4 is 5.32 Å². The molecule has 7 heteroatoms. The molecule has 2 aromatic carbocycles. The molecule has 0 spiro atoms. The van der Waals surface area contributed by atoms with Gasteiger partial charge in [-0.3, -0.25) is 14.5 Å². The van der Waals surface area contributed by atoms with Gasteiger partial charge in [0.2, 0.25) is 0 Å². The average Bonchev–Trinajstić information content (AvgIpc) is 3.08. The molecule has 2 aromatic rings. The highest BCUT2D eigenvalue weighted by atomic mass is 16.6. The molecule has 3 amide bonds. The molecule has 1 aliphatic heterocycles. The van der Waals surface area contributed by atoms with Crippen molar-refractivity contribution in [3.05, 3.63) is 71.3 Å². The fourth-order valence-electron chi connectivity index (χ4n) is 4.12. The Morgan fingerprint density at radius 2 is 1.46 bits per heavy atom. The number of hydrogen-bond acceptors (Lipinski definition) is 5. The van der Waals surface area contributed by atoms with Gasteiger partial charge in [0.1, 0.15) is 6.10 Å². The first-order chi connectivity index (χ1) is 16.8. The predicted octanol–water partition coefficient (Wildman–Crippen LogP) is 5.37. The van der Waals surface area contributed by atoms with Crippen LogP contribution in [0.3, 0.4) is 0 Å². The molecular weight excluding hydrogens is 444 g/mol. The third kappa shape index (κ3) is 7.39. The number of amides is 3. The minimum atomic E-state index is -0.453. The first-order valence-electron chi connectivity index (χ1n) is 12.3. The molecule has 35 heavy (non-hydrogen) atoms. The third-order valence-corrected chi connectivity index (χ3v) is 5.93. The highest BCUT2D eigenvalue weighted by Crippen LogP contribution is 2.35. The molecule has 0 fully saturated rings. The lowest BCUT2D eigenvalue weighted by Crippen LogP contribution is -2.32. The lowest BCUT2D eigenvalue weighted by Gasteiger charge is -2.30. The van der Waals surface area contributed by atoms with Gasteiger partial charge in [0.15, 0.2) is 0 Å². The minimum Gasteiger partial charge on any atom is -0.441 e. The summed E-state index contributed by atoms with van der Waals surface area (Å²) >= 11 is 0. The van der Waals surface area contributed by atoms with Crippen LogP contribution in [-0.2, 0) is 9.47 Å². The molecule has 7 nitrogen and oxygen atoms in total. The molecule has 0 aromatic heterocycles. The number of fused-ring (bicyclic) bond motifs is 1. The van der Waals surface area contributed by atoms with E-state index in [4.69, 9.17) is 9.47 Å². The lowest BCUT2D eigenvalue weighted by atomic mass is 9.84. The van der Waals surface area contributed by atoms with E-state index >= 15 is 0 Å². The first kappa shape index (κ1) is 26.4. The second-order valence-corrected chi connectivity index (χ2v) is 9.82. The van der Waals surface area contributed by atoms with Crippen LogP contribution >= 0.6 is 0 Å². The van der Waals surface area contributed by atoms with Crippen molar-refractivity contribution in [1.82, 2.24) is 10.2 Å². The predicted molar refractivity (Wildman–Crippen MR) is 134 cm³/mol. The van der Waals surface area contributed by atoms with E-state index in [2.05, 4.69) is 5.32 Å². The molecule has 1 N–H and O–H groups in total. The summed E-state index contributed by atoms with van der Waals surface area (Å²) in [5.41, 5.74) is 1.73. The van der Waals surface area contributed by atoms with Crippen LogP contribution in [0.2, 0.25) is 0 Å². The molecule has 188 valence electrons. The van der Waals surface area contributed by atoms with E-state index in [9.17, 15) is 14.4 Å². The highest BCUT2D eigenvalue weighted by molar-refractivity contribution is 6.21. The Kier molecular flexibility index (Phi) is 9.43. The van der Waals surface area contributed by atoms with Crippen molar-refractivity contribution < 1.29 is 23.9 Å². The number of carbonyl (C=O) groups is 3. The number of benzene rings is 2. The molecule has 1 atom stereocenters. The van der Waals surface area contributed by atoms with Gasteiger partial charge in [-0.15, -0.1) is 0 Å². The number of ether oxygens (including phenoxy) is 2. The summed E-state index contributed by atoms with van der Waals surface area (Å²) in [7, 11) is 0. The van der Waals surface area contributed by atoms with Crippen LogP contribution in [0.15, 0.2) is 54.6 Å². The fourth-order valence-corrected chi connectivity index (χ4v) is 4.12. The van der Waals surface area contributed by atoms with Gasteiger partial charge in [-0.2, -0.15) is 0 Å². The van der Waals surface area contributed by atoms with Crippen molar-refractivity contribution in [2.24, 2.45) is 5.41 Å². The Bertz CT molecular complexity index is 965. The summed E-state index contributed by atoms with van der Waals surface area (Å²) in [6.45, 7) is 7.96. The highest BCUT2D eigenvalue weighted by Gasteiger charge is 2.34. The number of rotatable bonds is 12. The fraction of sp³-hybridized carbons (Fsp3) is 0.464. The molecule has 1 unspecified atom stereocenters. The minimum absolute atomic E-state index is 0.197. The van der Waals surface area contributed by atoms with Gasteiger partial charge in [0.05, 0.1) is 17.7 Å². The van der Waals surface area contributed by atoms with Crippen molar-refractivity contribution in [2.45, 2.75) is 52.6 Å². The Morgan fingerprint density at radius 1 is 0.857 bits per heavy atom. The van der Waals surface area contributed by atoms with Crippen LogP contribution in [0.4, 0.5) is 4.79 Å². The smallest absolute Gasteiger partial charge is 0.407 e. The van der Waals surface area contributed by atoms with E-state index in [1.807, 2.05) is 51.1 Å². The van der Waals surface area contributed by atoms with Gasteiger partial charge in [-0.05, 0) is 30.5 Å². The SMILES string of the molecule is CC(C)(C)C(OC(=O)NCCOCCCCCCN1C(=O)c2ccccc2C1=O)c1ccccc1. The molecule has 3 rings (SSSR count). The summed E-state index contributed by atoms with van der Waals surface area (Å²) < 4.78 is 11.3. The number of imide groups is 1. The van der Waals surface area contributed by atoms with Gasteiger partial charge in [0.25, 0.3) is 11.8 Å². The second kappa shape index (κ2) is 12.5. The maximum absolute atomic E-state index is 12.3. The third-order valence-electron chi connectivity index (χ3n) is 5.93. The summed E-state index contributed by atoms with van der Waals surface area (Å²) in [6.07, 6.45) is 2.72. The number of carbonyl (C=O) groups excluding carboxylic acids is 3. The van der Waals surface area contributed by atoms with Crippen molar-refractivity contribution >= 4 is 17.9 Å². The summed E-state index contributed by atoms with van der Waals surface area (Å²) in [6, 6.07) is 16.7. The van der Waals surface area contributed by atoms with E-state index in [1.165, 1.54) is 4.90 Å². The topological polar surface area (TPSA) is 84.9 Å². The van der Waals surface area contributed by atoms with Crippen molar-refractivity contribution in [2.75, 3.05) is 26.3 Å². The van der Waals surface area contributed by atoms with Crippen LogP contribution in [0.25, 0.3) is 0 Å². The Morgan fingerprint density at radius 3 is 2.09 bits per heavy atom. The quantitative estimate of drug-likeness (QED) is 0.326. The summed E-state index contributed by atoms with van der Waals surface area (Å²) in [4.78, 5) is 38.3. The zero-order chi connectivity index (χ0) is 25.3. The number of hydrogen-bond donors (Lipinski definition) is 1. The molecule has 1 aliphatic rings. The van der Waals surface area contributed by atoms with Crippen molar-refractivity contribution in [3.8, 4) is 0 Å². The van der Waals surface area contributed by atoms with Gasteiger partial charge in [-0.25, -0.2) is 4.79 Å². The van der Waals surface area contributed by atoms with E-state index in [1.54, 1.807) is 24.3 Å². The van der Waals surface area contributed by atoms with Crippen LogP contribution in [0.5, 0.6) is 0 Å². The van der Waals surface area contributed by atoms with Crippen LogP contribution in [-0.4, -0.2) is 49.1 Å². The number of nitrogens with one attached hydrogen (secondary N) is 1. The molecule has 0 saturated carbocycles. The normalized spacial score (nSPS) is 14.1. The van der Waals surface area contributed by atoms with E-state index < -0.39 is 6.09 Å². The molecule has 1 heterocycles. The van der Waals surface area contributed by atoms with Gasteiger partial charge < -0.3 is 14.8 Å². The van der Waals surface area contributed by atoms with Crippen LogP contribution in [0.1, 0.15) is 78.8 Å². The van der Waals surface area contributed by atoms with Crippen molar-refractivity contribution in [3.63, 3.8) is 0 Å². The molecule has 0 bridgehead atoms. The standard InChI is InChI=1S/C28H36N2O5/c1-28(2,3)24(21-13-7-6-8-14-21)35-27(33)29-17-20-34-19-12-5-4-11-18-30-25(31)22-15-9-10-16-23(22)26(30)32/h6-10,13-16,24H,4-5,11-12,17-20H2,1-3H3,(H,29,33). The number of alkyl carbamates (subject to hydrolysis) is 1. The number of unbranched alkanes of at least 4 members (excludes halogenated alkanes) is 3. The van der Waals surface area contributed by atoms with Crippen molar-refractivity contribution in [1.29, 1.82) is 0 Å². The zero-order valence-corrected chi connectivity index (χ0v) is 20.9. The molecule has 0 aliphatic carbocycles. The van der Waals surface area contributed by atoms with E-state index in [-0.39, 0.29) is 23.3 Å². The van der Waals surface area contributed by atoms with Crippen LogP contribution in [0, 0.1) is 5.41 Å². The molecular formula is C28H36N2O5. The Hall–Kier alpha value is -3.19. The lowest BCUT2D eigenvalue weighted by molar-refractivity contribution is 0.0286. The largest absolute Gasteiger partial charge is 0.441 e. The molecule has 0 saturated heterocycles. The number of nitrogens with zero attached hydrogens (tertiary/aromatic N) is 1. The van der Waals surface area contributed by atoms with E-state index in [0.29, 0.717) is 37.4 Å². The molecule has 0 radical (unpaired) electrons. The Labute approximate surface area is 207 Å². The van der Waals surface area contributed by atoms with Gasteiger partial charge in [-0.1, -0.05) is 76.1 Å². The van der Waals surface area contributed by atoms with Gasteiger partial charge >= 0.3 is 6.09 Å². The Balaban J connectivity index is 1.23. The van der Waals surface area contributed by atoms with E-state index in [0.717, 1.165) is 31.2 Å². The average molecular weight is 481 g/mol. The zero-order valence-electron chi connectivity index (χ0n) is 20.9. The second-order valence-electron chi connectivity index (χ2n) is 9.82. The van der Waals surface area contributed by atoms with Gasteiger partial charge in [0, 0.05) is 25.1 Å². The maximum Gasteiger partial charge on any atom is 0.407 e. The summed E-state index contributed by atoms with van der Waals surface area (Å²) in [5.74, 6) is -0.393. The summed E-state index contributed by atoms with van der Waals surface area (Å²) in [5, 5.41) is 2.76. The monoisotopic (exact) mass is 480 g/mol.